The van der Waals surface area contributed by atoms with E-state index in [2.05, 4.69) is 15.3 Å². The van der Waals surface area contributed by atoms with Crippen LogP contribution < -0.4 is 10.1 Å². The predicted octanol–water partition coefficient (Wildman–Crippen LogP) is 5.72. The van der Waals surface area contributed by atoms with Crippen LogP contribution in [0.25, 0.3) is 17.5 Å². The highest BCUT2D eigenvalue weighted by molar-refractivity contribution is 5.91. The number of unbranched alkanes of at least 4 members (excludes halogenated alkanes) is 1. The summed E-state index contributed by atoms with van der Waals surface area (Å²) in [5, 5.41) is 13.9. The number of carbonyl (C=O) groups excluding carboxylic acids is 1. The van der Waals surface area contributed by atoms with Gasteiger partial charge in [-0.2, -0.15) is 0 Å². The number of nitrogens with zero attached hydrogens (tertiary/aromatic N) is 2. The molecule has 1 atom stereocenters. The maximum atomic E-state index is 13.1. The second kappa shape index (κ2) is 14.4. The largest absolute Gasteiger partial charge is 0.494 e. The number of aromatic nitrogens is 2. The Labute approximate surface area is 233 Å². The van der Waals surface area contributed by atoms with Gasteiger partial charge in [-0.05, 0) is 62.1 Å². The number of rotatable bonds is 15. The summed E-state index contributed by atoms with van der Waals surface area (Å²) in [5.74, 6) is 1.81. The number of carboxylic acids is 1. The molecule has 2 aromatic heterocycles. The lowest BCUT2D eigenvalue weighted by atomic mass is 9.78. The third kappa shape index (κ3) is 6.99. The van der Waals surface area contributed by atoms with E-state index in [0.29, 0.717) is 43.5 Å². The number of hydrogen-bond donors (Lipinski definition) is 2. The van der Waals surface area contributed by atoms with Crippen molar-refractivity contribution in [2.45, 2.75) is 31.2 Å². The molecule has 2 aromatic carbocycles. The van der Waals surface area contributed by atoms with Crippen LogP contribution in [0.1, 0.15) is 36.8 Å². The lowest BCUT2D eigenvalue weighted by Crippen LogP contribution is -2.51. The van der Waals surface area contributed by atoms with Crippen LogP contribution in [0.2, 0.25) is 0 Å². The summed E-state index contributed by atoms with van der Waals surface area (Å²) in [6.07, 6.45) is 12.0. The van der Waals surface area contributed by atoms with E-state index in [9.17, 15) is 14.7 Å². The third-order valence-corrected chi connectivity index (χ3v) is 6.42. The summed E-state index contributed by atoms with van der Waals surface area (Å²) < 4.78 is 11.3. The zero-order valence-corrected chi connectivity index (χ0v) is 22.0. The fourth-order valence-electron chi connectivity index (χ4n) is 4.48. The van der Waals surface area contributed by atoms with Gasteiger partial charge in [0, 0.05) is 29.1 Å². The molecule has 0 aliphatic heterocycles. The number of pyridine rings is 1. The van der Waals surface area contributed by atoms with E-state index < -0.39 is 11.5 Å². The number of oxazole rings is 1. The molecule has 0 saturated heterocycles. The van der Waals surface area contributed by atoms with Crippen LogP contribution in [0.3, 0.4) is 0 Å². The monoisotopic (exact) mass is 537 g/mol. The standard InChI is InChI=1S/C32H31N3O5/c36-24-26(13-5-4-11-25-12-10-18-33-23-25)32(31(37)38,29-17-7-6-16-28(29)30-34-20-22-40-30)35-19-8-9-21-39-27-14-2-1-3-15-27/h1-4,6-7,10-12,14-18,20,22-23,35H,5,8-9,13,19,21H2,(H,37,38). The van der Waals surface area contributed by atoms with Crippen LogP contribution in [0, 0.1) is 0 Å². The molecule has 0 bridgehead atoms. The smallest absolute Gasteiger partial charge is 0.333 e. The number of allylic oxidation sites excluding steroid dienone is 1. The van der Waals surface area contributed by atoms with Crippen LogP contribution in [-0.4, -0.2) is 40.1 Å². The number of para-hydroxylation sites is 1. The van der Waals surface area contributed by atoms with E-state index in [0.717, 1.165) is 11.3 Å². The van der Waals surface area contributed by atoms with Crippen molar-refractivity contribution in [3.8, 4) is 17.2 Å². The summed E-state index contributed by atoms with van der Waals surface area (Å²) in [4.78, 5) is 33.9. The molecule has 0 aliphatic rings. The van der Waals surface area contributed by atoms with E-state index in [1.54, 1.807) is 36.7 Å². The maximum Gasteiger partial charge on any atom is 0.333 e. The Balaban J connectivity index is 1.57. The highest BCUT2D eigenvalue weighted by Gasteiger charge is 2.46. The summed E-state index contributed by atoms with van der Waals surface area (Å²) in [7, 11) is 0. The summed E-state index contributed by atoms with van der Waals surface area (Å²) in [6, 6.07) is 20.2. The first kappa shape index (κ1) is 28.2. The molecule has 8 nitrogen and oxygen atoms in total. The van der Waals surface area contributed by atoms with Crippen LogP contribution in [-0.2, 0) is 15.1 Å². The van der Waals surface area contributed by atoms with Gasteiger partial charge in [0.2, 0.25) is 5.89 Å². The molecule has 0 spiro atoms. The van der Waals surface area contributed by atoms with Crippen LogP contribution in [0.5, 0.6) is 5.75 Å². The van der Waals surface area contributed by atoms with Crippen LogP contribution >= 0.6 is 0 Å². The van der Waals surface area contributed by atoms with Crippen molar-refractivity contribution in [2.24, 2.45) is 0 Å². The van der Waals surface area contributed by atoms with E-state index >= 15 is 0 Å². The van der Waals surface area contributed by atoms with Crippen molar-refractivity contribution in [1.29, 1.82) is 0 Å². The van der Waals surface area contributed by atoms with Crippen molar-refractivity contribution in [3.05, 3.63) is 114 Å². The van der Waals surface area contributed by atoms with E-state index in [1.807, 2.05) is 60.6 Å². The molecule has 0 radical (unpaired) electrons. The average molecular weight is 538 g/mol. The summed E-state index contributed by atoms with van der Waals surface area (Å²) >= 11 is 0. The predicted molar refractivity (Wildman–Crippen MR) is 152 cm³/mol. The molecule has 204 valence electrons. The summed E-state index contributed by atoms with van der Waals surface area (Å²) in [6.45, 7) is 0.801. The molecule has 4 aromatic rings. The lowest BCUT2D eigenvalue weighted by Gasteiger charge is -2.33. The molecule has 2 N–H and O–H groups in total. The van der Waals surface area contributed by atoms with Gasteiger partial charge in [-0.3, -0.25) is 10.3 Å². The molecule has 1 unspecified atom stereocenters. The Morgan fingerprint density at radius 3 is 2.60 bits per heavy atom. The average Bonchev–Trinajstić information content (AvgIpc) is 3.54. The zero-order valence-electron chi connectivity index (χ0n) is 22.0. The fraction of sp³-hybridized carbons (Fsp3) is 0.219. The van der Waals surface area contributed by atoms with Gasteiger partial charge in [0.05, 0.1) is 12.8 Å². The van der Waals surface area contributed by atoms with Crippen molar-refractivity contribution >= 4 is 18.0 Å². The highest BCUT2D eigenvalue weighted by atomic mass is 16.5. The first-order valence-corrected chi connectivity index (χ1v) is 13.1. The van der Waals surface area contributed by atoms with Crippen molar-refractivity contribution < 1.29 is 23.8 Å². The molecule has 40 heavy (non-hydrogen) atoms. The minimum Gasteiger partial charge on any atom is -0.494 e. The Hall–Kier alpha value is -4.78. The van der Waals surface area contributed by atoms with E-state index in [4.69, 9.17) is 9.15 Å². The minimum absolute atomic E-state index is 0.0791. The lowest BCUT2D eigenvalue weighted by molar-refractivity contribution is -0.143. The van der Waals surface area contributed by atoms with Gasteiger partial charge in [-0.15, -0.1) is 0 Å². The Morgan fingerprint density at radius 2 is 1.88 bits per heavy atom. The molecule has 2 heterocycles. The molecular weight excluding hydrogens is 506 g/mol. The topological polar surface area (TPSA) is 115 Å². The number of benzene rings is 2. The molecule has 0 saturated carbocycles. The molecule has 0 aliphatic carbocycles. The van der Waals surface area contributed by atoms with Crippen LogP contribution in [0.15, 0.2) is 108 Å². The maximum absolute atomic E-state index is 13.1. The number of carbonyl (C=O) groups is 1. The Kier molecular flexibility index (Phi) is 10.2. The van der Waals surface area contributed by atoms with Gasteiger partial charge in [-0.1, -0.05) is 54.6 Å². The van der Waals surface area contributed by atoms with Gasteiger partial charge in [0.1, 0.15) is 18.0 Å². The van der Waals surface area contributed by atoms with Gasteiger partial charge < -0.3 is 14.3 Å². The van der Waals surface area contributed by atoms with Gasteiger partial charge in [-0.25, -0.2) is 14.6 Å². The van der Waals surface area contributed by atoms with E-state index in [-0.39, 0.29) is 17.9 Å². The van der Waals surface area contributed by atoms with Crippen molar-refractivity contribution in [3.63, 3.8) is 0 Å². The number of hydrogen-bond acceptors (Lipinski definition) is 7. The summed E-state index contributed by atoms with van der Waals surface area (Å²) in [5.41, 5.74) is -0.00691. The number of carboxylic acid groups (broad SMARTS) is 1. The first-order valence-electron chi connectivity index (χ1n) is 13.1. The number of ether oxygens (including phenoxy) is 1. The highest BCUT2D eigenvalue weighted by Crippen LogP contribution is 2.38. The van der Waals surface area contributed by atoms with Crippen LogP contribution in [0.4, 0.5) is 0 Å². The van der Waals surface area contributed by atoms with Gasteiger partial charge in [0.15, 0.2) is 5.54 Å². The zero-order chi connectivity index (χ0) is 28.0. The van der Waals surface area contributed by atoms with Crippen molar-refractivity contribution in [1.82, 2.24) is 15.3 Å². The fourth-order valence-corrected chi connectivity index (χ4v) is 4.48. The molecular formula is C32H31N3O5. The second-order valence-electron chi connectivity index (χ2n) is 9.04. The SMILES string of the molecule is O=C=C(CCC=Cc1cccnc1)C(NCCCCOc1ccccc1)(C(=O)O)c1ccccc1-c1ncco1. The van der Waals surface area contributed by atoms with Gasteiger partial charge in [0.25, 0.3) is 0 Å². The van der Waals surface area contributed by atoms with Crippen molar-refractivity contribution in [2.75, 3.05) is 13.2 Å². The molecule has 0 fully saturated rings. The first-order chi connectivity index (χ1) is 19.6. The minimum atomic E-state index is -1.84. The number of aliphatic carboxylic acids is 1. The number of nitrogens with one attached hydrogen (secondary N) is 1. The third-order valence-electron chi connectivity index (χ3n) is 6.42. The molecule has 4 rings (SSSR count). The molecule has 0 amide bonds. The quantitative estimate of drug-likeness (QED) is 0.146. The Morgan fingerprint density at radius 1 is 1.05 bits per heavy atom. The van der Waals surface area contributed by atoms with Gasteiger partial charge >= 0.3 is 5.97 Å². The molecule has 8 heteroatoms. The van der Waals surface area contributed by atoms with E-state index in [1.165, 1.54) is 12.5 Å². The second-order valence-corrected chi connectivity index (χ2v) is 9.04. The normalized spacial score (nSPS) is 12.5. The Bertz CT molecular complexity index is 1430.